The van der Waals surface area contributed by atoms with Gasteiger partial charge in [0, 0.05) is 28.0 Å². The van der Waals surface area contributed by atoms with Gasteiger partial charge in [-0.2, -0.15) is 0 Å². The van der Waals surface area contributed by atoms with E-state index in [4.69, 9.17) is 23.2 Å². The number of rotatable bonds is 4. The molecule has 0 aliphatic heterocycles. The summed E-state index contributed by atoms with van der Waals surface area (Å²) in [6.07, 6.45) is 3.50. The molecule has 1 aromatic heterocycles. The summed E-state index contributed by atoms with van der Waals surface area (Å²) in [5.74, 6) is 0. The van der Waals surface area contributed by atoms with Crippen molar-refractivity contribution < 1.29 is 5.21 Å². The molecule has 0 aliphatic carbocycles. The fourth-order valence-electron chi connectivity index (χ4n) is 2.68. The Kier molecular flexibility index (Phi) is 5.45. The average Bonchev–Trinajstić information content (AvgIpc) is 2.61. The van der Waals surface area contributed by atoms with Gasteiger partial charge < -0.3 is 10.5 Å². The molecular formula is C20H17Cl2N3O. The minimum atomic E-state index is 0.397. The third-order valence-electron chi connectivity index (χ3n) is 4.09. The maximum atomic E-state index is 9.56. The van der Waals surface area contributed by atoms with Crippen LogP contribution in [0, 0.1) is 13.8 Å². The first-order valence-corrected chi connectivity index (χ1v) is 8.71. The van der Waals surface area contributed by atoms with Crippen LogP contribution in [0.15, 0.2) is 60.0 Å². The van der Waals surface area contributed by atoms with E-state index in [9.17, 15) is 5.21 Å². The largest absolute Gasteiger partial charge is 0.410 e. The molecule has 132 valence electrons. The third kappa shape index (κ3) is 3.82. The van der Waals surface area contributed by atoms with Gasteiger partial charge in [-0.05, 0) is 61.4 Å². The van der Waals surface area contributed by atoms with Crippen molar-refractivity contribution in [1.29, 1.82) is 0 Å². The zero-order valence-electron chi connectivity index (χ0n) is 14.3. The minimum absolute atomic E-state index is 0.397. The second-order valence-electron chi connectivity index (χ2n) is 5.92. The minimum Gasteiger partial charge on any atom is -0.410 e. The van der Waals surface area contributed by atoms with Gasteiger partial charge in [0.25, 0.3) is 0 Å². The Bertz CT molecular complexity index is 987. The predicted molar refractivity (Wildman–Crippen MR) is 107 cm³/mol. The monoisotopic (exact) mass is 385 g/mol. The molecule has 3 rings (SSSR count). The first-order chi connectivity index (χ1) is 12.5. The zero-order valence-corrected chi connectivity index (χ0v) is 15.8. The number of halogens is 2. The number of hydrogen-bond acceptors (Lipinski definition) is 4. The van der Waals surface area contributed by atoms with Crippen molar-refractivity contribution in [3.63, 3.8) is 0 Å². The van der Waals surface area contributed by atoms with E-state index < -0.39 is 0 Å². The molecule has 6 heteroatoms. The van der Waals surface area contributed by atoms with Crippen LogP contribution in [0.4, 0.5) is 11.4 Å². The van der Waals surface area contributed by atoms with Gasteiger partial charge in [-0.3, -0.25) is 4.98 Å². The number of anilines is 2. The van der Waals surface area contributed by atoms with Gasteiger partial charge in [0.2, 0.25) is 0 Å². The summed E-state index contributed by atoms with van der Waals surface area (Å²) in [6.45, 7) is 3.90. The SMILES string of the molecule is Cc1ccncc1Nc1ccc(C(=NO)c2ccc(Cl)cc2C)c(Cl)c1. The predicted octanol–water partition coefficient (Wildman–Crippen LogP) is 5.98. The first-order valence-electron chi connectivity index (χ1n) is 7.95. The molecule has 0 fully saturated rings. The second-order valence-corrected chi connectivity index (χ2v) is 6.76. The van der Waals surface area contributed by atoms with Gasteiger partial charge in [0.1, 0.15) is 5.71 Å². The average molecular weight is 386 g/mol. The Morgan fingerprint density at radius 1 is 1.00 bits per heavy atom. The third-order valence-corrected chi connectivity index (χ3v) is 4.63. The van der Waals surface area contributed by atoms with Crippen LogP contribution in [0.5, 0.6) is 0 Å². The fourth-order valence-corrected chi connectivity index (χ4v) is 3.18. The molecule has 2 N–H and O–H groups in total. The number of aryl methyl sites for hydroxylation is 2. The van der Waals surface area contributed by atoms with Gasteiger partial charge in [-0.25, -0.2) is 0 Å². The number of oxime groups is 1. The quantitative estimate of drug-likeness (QED) is 0.330. The Labute approximate surface area is 162 Å². The van der Waals surface area contributed by atoms with Crippen LogP contribution in [-0.2, 0) is 0 Å². The van der Waals surface area contributed by atoms with Gasteiger partial charge >= 0.3 is 0 Å². The summed E-state index contributed by atoms with van der Waals surface area (Å²) in [4.78, 5) is 4.12. The summed E-state index contributed by atoms with van der Waals surface area (Å²) >= 11 is 12.5. The second kappa shape index (κ2) is 7.77. The molecule has 0 spiro atoms. The number of pyridine rings is 1. The van der Waals surface area contributed by atoms with Crippen molar-refractivity contribution >= 4 is 40.3 Å². The van der Waals surface area contributed by atoms with Gasteiger partial charge in [-0.1, -0.05) is 34.4 Å². The van der Waals surface area contributed by atoms with E-state index in [2.05, 4.69) is 15.5 Å². The molecule has 3 aromatic rings. The van der Waals surface area contributed by atoms with E-state index >= 15 is 0 Å². The highest BCUT2D eigenvalue weighted by molar-refractivity contribution is 6.36. The van der Waals surface area contributed by atoms with Crippen molar-refractivity contribution in [2.45, 2.75) is 13.8 Å². The Morgan fingerprint density at radius 2 is 1.77 bits per heavy atom. The van der Waals surface area contributed by atoms with Crippen molar-refractivity contribution in [3.8, 4) is 0 Å². The van der Waals surface area contributed by atoms with E-state index in [1.807, 2.05) is 44.2 Å². The summed E-state index contributed by atoms with van der Waals surface area (Å²) in [5, 5.41) is 17.4. The molecule has 4 nitrogen and oxygen atoms in total. The highest BCUT2D eigenvalue weighted by Crippen LogP contribution is 2.28. The molecule has 26 heavy (non-hydrogen) atoms. The maximum absolute atomic E-state index is 9.56. The first kappa shape index (κ1) is 18.2. The lowest BCUT2D eigenvalue weighted by atomic mass is 9.98. The molecule has 1 heterocycles. The lowest BCUT2D eigenvalue weighted by Crippen LogP contribution is -2.07. The molecule has 0 amide bonds. The maximum Gasteiger partial charge on any atom is 0.118 e. The number of nitrogens with zero attached hydrogens (tertiary/aromatic N) is 2. The molecule has 0 aliphatic rings. The van der Waals surface area contributed by atoms with E-state index in [1.165, 1.54) is 0 Å². The molecule has 0 radical (unpaired) electrons. The van der Waals surface area contributed by atoms with Crippen LogP contribution in [-0.4, -0.2) is 15.9 Å². The van der Waals surface area contributed by atoms with Crippen molar-refractivity contribution in [1.82, 2.24) is 4.98 Å². The van der Waals surface area contributed by atoms with Crippen LogP contribution in [0.3, 0.4) is 0 Å². The highest BCUT2D eigenvalue weighted by atomic mass is 35.5. The lowest BCUT2D eigenvalue weighted by Gasteiger charge is -2.13. The van der Waals surface area contributed by atoms with Gasteiger partial charge in [0.15, 0.2) is 0 Å². The van der Waals surface area contributed by atoms with Crippen LogP contribution >= 0.6 is 23.2 Å². The standard InChI is InChI=1S/C20H17Cl2N3O/c1-12-7-8-23-11-19(12)24-15-4-6-17(18(22)10-15)20(25-26)16-5-3-14(21)9-13(16)2/h3-11,24,26H,1-2H3. The number of nitrogens with one attached hydrogen (secondary N) is 1. The van der Waals surface area contributed by atoms with Crippen LogP contribution in [0.1, 0.15) is 22.3 Å². The fraction of sp³-hybridized carbons (Fsp3) is 0.100. The van der Waals surface area contributed by atoms with E-state index in [0.717, 1.165) is 28.1 Å². The van der Waals surface area contributed by atoms with Crippen LogP contribution < -0.4 is 5.32 Å². The molecule has 0 saturated heterocycles. The van der Waals surface area contributed by atoms with Crippen LogP contribution in [0.25, 0.3) is 0 Å². The van der Waals surface area contributed by atoms with E-state index in [0.29, 0.717) is 21.3 Å². The van der Waals surface area contributed by atoms with E-state index in [-0.39, 0.29) is 0 Å². The Morgan fingerprint density at radius 3 is 2.42 bits per heavy atom. The number of hydrogen-bond donors (Lipinski definition) is 2. The molecule has 0 atom stereocenters. The van der Waals surface area contributed by atoms with Crippen molar-refractivity contribution in [2.75, 3.05) is 5.32 Å². The van der Waals surface area contributed by atoms with Crippen molar-refractivity contribution in [2.24, 2.45) is 5.16 Å². The topological polar surface area (TPSA) is 57.5 Å². The number of aromatic nitrogens is 1. The van der Waals surface area contributed by atoms with Crippen LogP contribution in [0.2, 0.25) is 10.0 Å². The normalized spacial score (nSPS) is 11.5. The summed E-state index contributed by atoms with van der Waals surface area (Å²) in [6, 6.07) is 12.8. The molecule has 0 bridgehead atoms. The molecule has 0 unspecified atom stereocenters. The van der Waals surface area contributed by atoms with E-state index in [1.54, 1.807) is 24.5 Å². The lowest BCUT2D eigenvalue weighted by molar-refractivity contribution is 0.319. The smallest absolute Gasteiger partial charge is 0.118 e. The van der Waals surface area contributed by atoms with Crippen molar-refractivity contribution in [3.05, 3.63) is 87.2 Å². The zero-order chi connectivity index (χ0) is 18.7. The Balaban J connectivity index is 1.95. The number of benzene rings is 2. The summed E-state index contributed by atoms with van der Waals surface area (Å²) < 4.78 is 0. The Hall–Kier alpha value is -2.56. The molecule has 0 saturated carbocycles. The summed E-state index contributed by atoms with van der Waals surface area (Å²) in [7, 11) is 0. The van der Waals surface area contributed by atoms with Gasteiger partial charge in [0.05, 0.1) is 16.9 Å². The molecule has 2 aromatic carbocycles. The molecular weight excluding hydrogens is 369 g/mol. The summed E-state index contributed by atoms with van der Waals surface area (Å²) in [5.41, 5.74) is 5.49. The highest BCUT2D eigenvalue weighted by Gasteiger charge is 2.15. The van der Waals surface area contributed by atoms with Gasteiger partial charge in [-0.15, -0.1) is 0 Å².